The Hall–Kier alpha value is -2.41. The number of benzene rings is 1. The Morgan fingerprint density at radius 2 is 1.71 bits per heavy atom. The van der Waals surface area contributed by atoms with Gasteiger partial charge in [-0.1, -0.05) is 38.1 Å². The summed E-state index contributed by atoms with van der Waals surface area (Å²) < 4.78 is 0. The molecule has 1 aliphatic carbocycles. The number of carbonyl (C=O) groups is 3. The van der Waals surface area contributed by atoms with Crippen molar-refractivity contribution in [1.82, 2.24) is 20.4 Å². The Kier molecular flexibility index (Phi) is 6.06. The summed E-state index contributed by atoms with van der Waals surface area (Å²) in [6.07, 6.45) is 3.18. The summed E-state index contributed by atoms with van der Waals surface area (Å²) in [5, 5.41) is 5.60. The van der Waals surface area contributed by atoms with Crippen LogP contribution in [0.15, 0.2) is 24.3 Å². The summed E-state index contributed by atoms with van der Waals surface area (Å²) in [6.45, 7) is 9.77. The van der Waals surface area contributed by atoms with Gasteiger partial charge in [0.2, 0.25) is 5.91 Å². The number of imide groups is 1. The van der Waals surface area contributed by atoms with Crippen LogP contribution in [0.5, 0.6) is 0 Å². The fourth-order valence-electron chi connectivity index (χ4n) is 5.14. The molecule has 2 heterocycles. The number of piperidine rings is 1. The van der Waals surface area contributed by atoms with Crippen molar-refractivity contribution in [2.24, 2.45) is 17.8 Å². The molecule has 0 aromatic heterocycles. The molecule has 2 aliphatic heterocycles. The smallest absolute Gasteiger partial charge is 0.325 e. The average molecular weight is 427 g/mol. The average Bonchev–Trinajstić information content (AvgIpc) is 3.53. The second kappa shape index (κ2) is 8.61. The standard InChI is InChI=1S/C24H34N4O3/c1-16-10-17(2)13-27(12-16)14-19-6-4-18(5-7-19)11-25-21(29)15-28-22(30)24(3,20-8-9-20)26-23(28)31/h4-7,16-17,20H,8-15H2,1-3H3,(H,25,29)(H,26,31)/t16-,17-,24+/m1/s1. The van der Waals surface area contributed by atoms with Gasteiger partial charge in [0, 0.05) is 26.2 Å². The van der Waals surface area contributed by atoms with Crippen LogP contribution in [0.3, 0.4) is 0 Å². The van der Waals surface area contributed by atoms with Gasteiger partial charge in [-0.2, -0.15) is 0 Å². The van der Waals surface area contributed by atoms with Gasteiger partial charge in [0.15, 0.2) is 0 Å². The fourth-order valence-corrected chi connectivity index (χ4v) is 5.14. The van der Waals surface area contributed by atoms with Gasteiger partial charge in [-0.05, 0) is 55.1 Å². The van der Waals surface area contributed by atoms with Gasteiger partial charge in [0.25, 0.3) is 5.91 Å². The van der Waals surface area contributed by atoms with Crippen LogP contribution in [-0.2, 0) is 22.7 Å². The van der Waals surface area contributed by atoms with E-state index in [-0.39, 0.29) is 24.3 Å². The van der Waals surface area contributed by atoms with E-state index < -0.39 is 11.6 Å². The maximum Gasteiger partial charge on any atom is 0.325 e. The van der Waals surface area contributed by atoms with Crippen molar-refractivity contribution in [3.8, 4) is 0 Å². The van der Waals surface area contributed by atoms with Crippen molar-refractivity contribution in [3.05, 3.63) is 35.4 Å². The summed E-state index contributed by atoms with van der Waals surface area (Å²) >= 11 is 0. The van der Waals surface area contributed by atoms with Crippen LogP contribution in [0.25, 0.3) is 0 Å². The Labute approximate surface area is 184 Å². The molecular weight excluding hydrogens is 392 g/mol. The highest BCUT2D eigenvalue weighted by atomic mass is 16.2. The lowest BCUT2D eigenvalue weighted by Gasteiger charge is -2.35. The van der Waals surface area contributed by atoms with Crippen LogP contribution >= 0.6 is 0 Å². The van der Waals surface area contributed by atoms with Crippen molar-refractivity contribution in [2.45, 2.75) is 58.7 Å². The second-order valence-electron chi connectivity index (χ2n) is 10.0. The van der Waals surface area contributed by atoms with Gasteiger partial charge in [-0.3, -0.25) is 19.4 Å². The quantitative estimate of drug-likeness (QED) is 0.657. The number of nitrogens with zero attached hydrogens (tertiary/aromatic N) is 2. The summed E-state index contributed by atoms with van der Waals surface area (Å²) in [6, 6.07) is 7.82. The number of nitrogens with one attached hydrogen (secondary N) is 2. The number of likely N-dealkylation sites (tertiary alicyclic amines) is 1. The molecule has 168 valence electrons. The maximum absolute atomic E-state index is 12.6. The molecule has 7 nitrogen and oxygen atoms in total. The molecule has 0 unspecified atom stereocenters. The second-order valence-corrected chi connectivity index (χ2v) is 10.0. The summed E-state index contributed by atoms with van der Waals surface area (Å²) in [5.41, 5.74) is 1.42. The summed E-state index contributed by atoms with van der Waals surface area (Å²) in [4.78, 5) is 40.7. The molecule has 3 atom stereocenters. The van der Waals surface area contributed by atoms with Gasteiger partial charge in [-0.15, -0.1) is 0 Å². The zero-order valence-corrected chi connectivity index (χ0v) is 18.8. The number of rotatable bonds is 7. The fraction of sp³-hybridized carbons (Fsp3) is 0.625. The number of hydrogen-bond donors (Lipinski definition) is 2. The number of hydrogen-bond acceptors (Lipinski definition) is 4. The van der Waals surface area contributed by atoms with Crippen molar-refractivity contribution in [1.29, 1.82) is 0 Å². The van der Waals surface area contributed by atoms with E-state index >= 15 is 0 Å². The van der Waals surface area contributed by atoms with Crippen molar-refractivity contribution in [2.75, 3.05) is 19.6 Å². The molecule has 0 radical (unpaired) electrons. The van der Waals surface area contributed by atoms with E-state index in [1.54, 1.807) is 6.92 Å². The van der Waals surface area contributed by atoms with Gasteiger partial charge < -0.3 is 10.6 Å². The van der Waals surface area contributed by atoms with Crippen molar-refractivity contribution < 1.29 is 14.4 Å². The van der Waals surface area contributed by atoms with Gasteiger partial charge in [0.05, 0.1) is 0 Å². The van der Waals surface area contributed by atoms with E-state index in [1.807, 2.05) is 12.1 Å². The maximum atomic E-state index is 12.6. The molecular formula is C24H34N4O3. The zero-order chi connectivity index (χ0) is 22.2. The molecule has 1 saturated carbocycles. The highest BCUT2D eigenvalue weighted by Gasteiger charge is 2.56. The predicted molar refractivity (Wildman–Crippen MR) is 118 cm³/mol. The number of urea groups is 1. The molecule has 1 aromatic rings. The van der Waals surface area contributed by atoms with Crippen LogP contribution in [0.2, 0.25) is 0 Å². The van der Waals surface area contributed by atoms with Crippen LogP contribution in [-0.4, -0.2) is 52.8 Å². The molecule has 0 spiro atoms. The molecule has 3 fully saturated rings. The highest BCUT2D eigenvalue weighted by Crippen LogP contribution is 2.42. The Balaban J connectivity index is 1.25. The molecule has 31 heavy (non-hydrogen) atoms. The van der Waals surface area contributed by atoms with E-state index in [0.717, 1.165) is 54.8 Å². The van der Waals surface area contributed by atoms with E-state index in [0.29, 0.717) is 6.54 Å². The van der Waals surface area contributed by atoms with Crippen LogP contribution in [0.4, 0.5) is 4.79 Å². The lowest BCUT2D eigenvalue weighted by atomic mass is 9.91. The lowest BCUT2D eigenvalue weighted by molar-refractivity contribution is -0.135. The minimum atomic E-state index is -0.850. The molecule has 0 bridgehead atoms. The van der Waals surface area contributed by atoms with Crippen LogP contribution < -0.4 is 10.6 Å². The first-order valence-corrected chi connectivity index (χ1v) is 11.5. The largest absolute Gasteiger partial charge is 0.350 e. The third-order valence-corrected chi connectivity index (χ3v) is 6.86. The first-order valence-electron chi connectivity index (χ1n) is 11.5. The predicted octanol–water partition coefficient (Wildman–Crippen LogP) is 2.50. The first kappa shape index (κ1) is 21.8. The van der Waals surface area contributed by atoms with Crippen molar-refractivity contribution in [3.63, 3.8) is 0 Å². The van der Waals surface area contributed by atoms with Crippen molar-refractivity contribution >= 4 is 17.8 Å². The Morgan fingerprint density at radius 1 is 1.10 bits per heavy atom. The van der Waals surface area contributed by atoms with Gasteiger partial charge >= 0.3 is 6.03 Å². The van der Waals surface area contributed by atoms with Crippen LogP contribution in [0, 0.1) is 17.8 Å². The Morgan fingerprint density at radius 3 is 2.32 bits per heavy atom. The van der Waals surface area contributed by atoms with Crippen LogP contribution in [0.1, 0.15) is 51.2 Å². The highest BCUT2D eigenvalue weighted by molar-refractivity contribution is 6.09. The van der Waals surface area contributed by atoms with Gasteiger partial charge in [0.1, 0.15) is 12.1 Å². The normalized spacial score (nSPS) is 29.2. The summed E-state index contributed by atoms with van der Waals surface area (Å²) in [5.74, 6) is 1.05. The topological polar surface area (TPSA) is 81.8 Å². The molecule has 4 amide bonds. The van der Waals surface area contributed by atoms with E-state index in [4.69, 9.17) is 0 Å². The third-order valence-electron chi connectivity index (χ3n) is 6.86. The van der Waals surface area contributed by atoms with E-state index in [1.165, 1.54) is 12.0 Å². The molecule has 2 saturated heterocycles. The zero-order valence-electron chi connectivity index (χ0n) is 18.8. The lowest BCUT2D eigenvalue weighted by Crippen LogP contribution is -2.46. The third kappa shape index (κ3) is 4.92. The molecule has 1 aromatic carbocycles. The van der Waals surface area contributed by atoms with E-state index in [2.05, 4.69) is 41.5 Å². The Bertz CT molecular complexity index is 841. The number of carbonyl (C=O) groups excluding carboxylic acids is 3. The molecule has 3 aliphatic rings. The monoisotopic (exact) mass is 426 g/mol. The summed E-state index contributed by atoms with van der Waals surface area (Å²) in [7, 11) is 0. The van der Waals surface area contributed by atoms with E-state index in [9.17, 15) is 14.4 Å². The SMILES string of the molecule is C[C@@H]1C[C@@H](C)CN(Cc2ccc(CNC(=O)CN3C(=O)N[C@@](C)(C4CC4)C3=O)cc2)C1. The first-order chi connectivity index (χ1) is 14.7. The molecule has 2 N–H and O–H groups in total. The molecule has 7 heteroatoms. The molecule has 4 rings (SSSR count). The van der Waals surface area contributed by atoms with Gasteiger partial charge in [-0.25, -0.2) is 4.79 Å². The minimum absolute atomic E-state index is 0.187. The minimum Gasteiger partial charge on any atom is -0.350 e. The number of amides is 4.